The molecule has 0 saturated heterocycles. The second-order valence-electron chi connectivity index (χ2n) is 8.85. The third kappa shape index (κ3) is 5.74. The summed E-state index contributed by atoms with van der Waals surface area (Å²) in [6, 6.07) is 19.4. The first kappa shape index (κ1) is 27.0. The van der Waals surface area contributed by atoms with Crippen LogP contribution in [0.4, 0.5) is 24.5 Å². The molecule has 0 bridgehead atoms. The summed E-state index contributed by atoms with van der Waals surface area (Å²) in [5.74, 6) is -2.44. The van der Waals surface area contributed by atoms with Crippen molar-refractivity contribution in [2.45, 2.75) is 6.18 Å². The molecule has 11 heteroatoms. The first-order valence-electron chi connectivity index (χ1n) is 11.9. The maximum atomic E-state index is 13.5. The second kappa shape index (κ2) is 10.5. The van der Waals surface area contributed by atoms with Gasteiger partial charge < -0.3 is 25.4 Å². The number of hydrogen-bond donors (Lipinski definition) is 2. The molecule has 0 aliphatic carbocycles. The van der Waals surface area contributed by atoms with Gasteiger partial charge >= 0.3 is 18.1 Å². The zero-order valence-electron chi connectivity index (χ0n) is 20.9. The van der Waals surface area contributed by atoms with Crippen LogP contribution in [0.5, 0.6) is 11.5 Å². The van der Waals surface area contributed by atoms with E-state index in [4.69, 9.17) is 25.4 Å². The van der Waals surface area contributed by atoms with Gasteiger partial charge in [0.2, 0.25) is 11.2 Å². The van der Waals surface area contributed by atoms with Crippen molar-refractivity contribution in [3.05, 3.63) is 118 Å². The van der Waals surface area contributed by atoms with Gasteiger partial charge in [-0.25, -0.2) is 9.59 Å². The van der Waals surface area contributed by atoms with Crippen molar-refractivity contribution in [1.82, 2.24) is 0 Å². The van der Waals surface area contributed by atoms with E-state index in [0.717, 1.165) is 24.3 Å². The van der Waals surface area contributed by atoms with Gasteiger partial charge in [0.15, 0.2) is 5.76 Å². The Bertz CT molecular complexity index is 1830. The number of fused-ring (bicyclic) bond motifs is 1. The summed E-state index contributed by atoms with van der Waals surface area (Å²) in [5, 5.41) is -0.0342. The molecule has 0 amide bonds. The molecule has 206 valence electrons. The van der Waals surface area contributed by atoms with Crippen molar-refractivity contribution < 1.29 is 36.7 Å². The van der Waals surface area contributed by atoms with Crippen LogP contribution in [-0.2, 0) is 6.18 Å². The lowest BCUT2D eigenvalue weighted by molar-refractivity contribution is -0.137. The van der Waals surface area contributed by atoms with E-state index in [1.165, 1.54) is 66.7 Å². The second-order valence-corrected chi connectivity index (χ2v) is 8.85. The number of carbonyl (C=O) groups excluding carboxylic acids is 2. The zero-order valence-corrected chi connectivity index (χ0v) is 20.9. The Hall–Kier alpha value is -5.58. The summed E-state index contributed by atoms with van der Waals surface area (Å²) in [6.07, 6.45) is -4.60. The van der Waals surface area contributed by atoms with Gasteiger partial charge in [-0.1, -0.05) is 12.1 Å². The van der Waals surface area contributed by atoms with Gasteiger partial charge in [-0.05, 0) is 72.8 Å². The highest BCUT2D eigenvalue weighted by Crippen LogP contribution is 2.35. The molecule has 0 radical (unpaired) electrons. The summed E-state index contributed by atoms with van der Waals surface area (Å²) in [6.45, 7) is 0. The van der Waals surface area contributed by atoms with Crippen LogP contribution in [0.3, 0.4) is 0 Å². The molecule has 4 N–H and O–H groups in total. The number of nitrogen functional groups attached to an aromatic ring is 2. The number of halogens is 3. The van der Waals surface area contributed by atoms with Crippen molar-refractivity contribution in [1.29, 1.82) is 0 Å². The lowest BCUT2D eigenvalue weighted by atomic mass is 10.1. The average Bonchev–Trinajstić information content (AvgIpc) is 2.94. The predicted octanol–water partition coefficient (Wildman–Crippen LogP) is 6.08. The number of benzene rings is 4. The van der Waals surface area contributed by atoms with E-state index in [-0.39, 0.29) is 39.2 Å². The van der Waals surface area contributed by atoms with Crippen LogP contribution in [0.2, 0.25) is 0 Å². The van der Waals surface area contributed by atoms with E-state index in [2.05, 4.69) is 0 Å². The largest absolute Gasteiger partial charge is 0.452 e. The maximum absolute atomic E-state index is 13.5. The minimum atomic E-state index is -4.60. The number of carbonyl (C=O) groups is 2. The quantitative estimate of drug-likeness (QED) is 0.150. The number of nitrogens with two attached hydrogens (primary N) is 2. The summed E-state index contributed by atoms with van der Waals surface area (Å²) in [7, 11) is 0. The standard InChI is InChI=1S/C30H19F3N2O6/c31-30(32,33)19-7-1-16(2-8-19)26-27(41-29(38)18-5-11-21(35)12-6-18)25(36)23-14-13-22(15-24(23)40-26)39-28(37)17-3-9-20(34)10-4-17/h1-15H,34-35H2. The molecule has 41 heavy (non-hydrogen) atoms. The Balaban J connectivity index is 1.58. The first-order chi connectivity index (χ1) is 19.5. The summed E-state index contributed by atoms with van der Waals surface area (Å²) >= 11 is 0. The third-order valence-electron chi connectivity index (χ3n) is 5.99. The molecule has 0 fully saturated rings. The van der Waals surface area contributed by atoms with E-state index >= 15 is 0 Å². The third-order valence-corrected chi connectivity index (χ3v) is 5.99. The van der Waals surface area contributed by atoms with Gasteiger partial charge in [0.1, 0.15) is 11.3 Å². The fourth-order valence-corrected chi connectivity index (χ4v) is 3.87. The van der Waals surface area contributed by atoms with Crippen molar-refractivity contribution in [2.24, 2.45) is 0 Å². The normalized spacial score (nSPS) is 11.3. The molecule has 0 unspecified atom stereocenters. The first-order valence-corrected chi connectivity index (χ1v) is 11.9. The van der Waals surface area contributed by atoms with Crippen LogP contribution < -0.4 is 26.4 Å². The molecule has 1 aromatic heterocycles. The molecule has 0 atom stereocenters. The van der Waals surface area contributed by atoms with Crippen molar-refractivity contribution >= 4 is 34.3 Å². The Kier molecular flexibility index (Phi) is 6.94. The molecule has 5 aromatic rings. The minimum absolute atomic E-state index is 0.0208. The predicted molar refractivity (Wildman–Crippen MR) is 145 cm³/mol. The fraction of sp³-hybridized carbons (Fsp3) is 0.0333. The Morgan fingerprint density at radius 1 is 0.707 bits per heavy atom. The van der Waals surface area contributed by atoms with E-state index in [1.807, 2.05) is 0 Å². The molecule has 5 rings (SSSR count). The molecular weight excluding hydrogens is 541 g/mol. The van der Waals surface area contributed by atoms with Crippen LogP contribution in [0.25, 0.3) is 22.3 Å². The van der Waals surface area contributed by atoms with Gasteiger partial charge in [0.05, 0.1) is 22.1 Å². The Morgan fingerprint density at radius 2 is 1.24 bits per heavy atom. The van der Waals surface area contributed by atoms with Gasteiger partial charge in [-0.15, -0.1) is 0 Å². The molecular formula is C30H19F3N2O6. The zero-order chi connectivity index (χ0) is 29.3. The highest BCUT2D eigenvalue weighted by Gasteiger charge is 2.30. The lowest BCUT2D eigenvalue weighted by Crippen LogP contribution is -2.16. The monoisotopic (exact) mass is 560 g/mol. The van der Waals surface area contributed by atoms with E-state index in [0.29, 0.717) is 11.4 Å². The van der Waals surface area contributed by atoms with Gasteiger partial charge in [0.25, 0.3) is 0 Å². The van der Waals surface area contributed by atoms with E-state index in [9.17, 15) is 27.6 Å². The number of alkyl halides is 3. The van der Waals surface area contributed by atoms with Gasteiger partial charge in [-0.3, -0.25) is 4.79 Å². The van der Waals surface area contributed by atoms with Crippen LogP contribution in [0.15, 0.2) is 100 Å². The van der Waals surface area contributed by atoms with Crippen molar-refractivity contribution in [3.8, 4) is 22.8 Å². The SMILES string of the molecule is Nc1ccc(C(=O)Oc2ccc3c(=O)c(OC(=O)c4ccc(N)cc4)c(-c4ccc(C(F)(F)F)cc4)oc3c2)cc1. The Morgan fingerprint density at radius 3 is 1.78 bits per heavy atom. The molecule has 4 aromatic carbocycles. The molecule has 0 spiro atoms. The van der Waals surface area contributed by atoms with Gasteiger partial charge in [0, 0.05) is 23.0 Å². The van der Waals surface area contributed by atoms with Crippen LogP contribution >= 0.6 is 0 Å². The maximum Gasteiger partial charge on any atom is 0.416 e. The molecule has 0 saturated carbocycles. The topological polar surface area (TPSA) is 135 Å². The smallest absolute Gasteiger partial charge is 0.416 e. The van der Waals surface area contributed by atoms with E-state index < -0.39 is 34.9 Å². The summed E-state index contributed by atoms with van der Waals surface area (Å²) in [4.78, 5) is 38.9. The number of hydrogen-bond acceptors (Lipinski definition) is 8. The van der Waals surface area contributed by atoms with Crippen LogP contribution in [0.1, 0.15) is 26.3 Å². The van der Waals surface area contributed by atoms with Gasteiger partial charge in [-0.2, -0.15) is 13.2 Å². The summed E-state index contributed by atoms with van der Waals surface area (Å²) < 4.78 is 56.2. The Labute approximate surface area is 229 Å². The number of rotatable bonds is 5. The van der Waals surface area contributed by atoms with Crippen molar-refractivity contribution in [2.75, 3.05) is 11.5 Å². The minimum Gasteiger partial charge on any atom is -0.452 e. The molecule has 0 aliphatic heterocycles. The summed E-state index contributed by atoms with van der Waals surface area (Å²) in [5.41, 5.74) is 10.7. The van der Waals surface area contributed by atoms with Crippen LogP contribution in [-0.4, -0.2) is 11.9 Å². The molecule has 8 nitrogen and oxygen atoms in total. The molecule has 1 heterocycles. The van der Waals surface area contributed by atoms with E-state index in [1.54, 1.807) is 0 Å². The number of esters is 2. The molecule has 0 aliphatic rings. The highest BCUT2D eigenvalue weighted by molar-refractivity contribution is 5.94. The lowest BCUT2D eigenvalue weighted by Gasteiger charge is -2.13. The average molecular weight is 560 g/mol. The fourth-order valence-electron chi connectivity index (χ4n) is 3.87. The number of ether oxygens (including phenoxy) is 2. The van der Waals surface area contributed by atoms with Crippen molar-refractivity contribution in [3.63, 3.8) is 0 Å². The number of anilines is 2. The highest BCUT2D eigenvalue weighted by atomic mass is 19.4. The van der Waals surface area contributed by atoms with Crippen LogP contribution in [0, 0.1) is 0 Å².